The van der Waals surface area contributed by atoms with Crippen LogP contribution in [-0.2, 0) is 6.42 Å². The molecular weight excluding hydrogens is 286 g/mol. The van der Waals surface area contributed by atoms with Gasteiger partial charge in [0.15, 0.2) is 17.0 Å². The highest BCUT2D eigenvalue weighted by Crippen LogP contribution is 2.39. The van der Waals surface area contributed by atoms with Crippen LogP contribution in [0.15, 0.2) is 30.9 Å². The molecule has 5 nitrogen and oxygen atoms in total. The summed E-state index contributed by atoms with van der Waals surface area (Å²) in [6.45, 7) is 3.14. The fourth-order valence-electron chi connectivity index (χ4n) is 3.60. The number of aromatic nitrogens is 4. The number of aryl methyl sites for hydroxylation is 2. The van der Waals surface area contributed by atoms with Gasteiger partial charge in [0, 0.05) is 18.3 Å². The molecule has 1 aliphatic heterocycles. The summed E-state index contributed by atoms with van der Waals surface area (Å²) < 4.78 is 2.21. The van der Waals surface area contributed by atoms with E-state index in [1.807, 2.05) is 6.33 Å². The number of hydrogen-bond acceptors (Lipinski definition) is 4. The van der Waals surface area contributed by atoms with Gasteiger partial charge in [0.1, 0.15) is 6.33 Å². The van der Waals surface area contributed by atoms with Crippen LogP contribution in [0.25, 0.3) is 11.2 Å². The van der Waals surface area contributed by atoms with E-state index >= 15 is 0 Å². The van der Waals surface area contributed by atoms with E-state index < -0.39 is 0 Å². The lowest BCUT2D eigenvalue weighted by molar-refractivity contribution is 0.753. The number of benzene rings is 1. The lowest BCUT2D eigenvalue weighted by atomic mass is 9.99. The summed E-state index contributed by atoms with van der Waals surface area (Å²) in [4.78, 5) is 16.0. The fraction of sp³-hybridized carbons (Fsp3) is 0.389. The molecule has 1 aromatic carbocycles. The quantitative estimate of drug-likeness (QED) is 0.726. The molecule has 1 saturated carbocycles. The first-order chi connectivity index (χ1) is 11.3. The average Bonchev–Trinajstić information content (AvgIpc) is 3.32. The molecule has 2 aromatic heterocycles. The first-order valence-electron chi connectivity index (χ1n) is 8.36. The predicted octanol–water partition coefficient (Wildman–Crippen LogP) is 3.55. The average molecular weight is 305 g/mol. The zero-order chi connectivity index (χ0) is 15.4. The summed E-state index contributed by atoms with van der Waals surface area (Å²) in [5.41, 5.74) is 5.88. The molecule has 1 aliphatic carbocycles. The molecular formula is C18H19N5. The second-order valence-corrected chi connectivity index (χ2v) is 6.64. The fourth-order valence-corrected chi connectivity index (χ4v) is 3.60. The maximum atomic E-state index is 4.64. The molecule has 5 heteroatoms. The van der Waals surface area contributed by atoms with E-state index in [2.05, 4.69) is 49.5 Å². The van der Waals surface area contributed by atoms with Crippen molar-refractivity contribution in [2.45, 2.75) is 38.6 Å². The van der Waals surface area contributed by atoms with Gasteiger partial charge in [-0.25, -0.2) is 15.0 Å². The third-order valence-corrected chi connectivity index (χ3v) is 4.89. The van der Waals surface area contributed by atoms with Crippen LogP contribution in [0.3, 0.4) is 0 Å². The molecule has 23 heavy (non-hydrogen) atoms. The van der Waals surface area contributed by atoms with E-state index in [1.165, 1.54) is 29.7 Å². The molecule has 0 unspecified atom stereocenters. The molecule has 0 saturated heterocycles. The molecule has 3 aromatic rings. The minimum atomic E-state index is 0.582. The van der Waals surface area contributed by atoms with Crippen molar-refractivity contribution in [3.05, 3.63) is 42.0 Å². The Labute approximate surface area is 135 Å². The SMILES string of the molecule is Cc1ccc2c(c1)CCCN2c1ncnc2c1ncn2C1CC1. The van der Waals surface area contributed by atoms with Crippen molar-refractivity contribution >= 4 is 22.7 Å². The molecule has 2 aliphatic rings. The van der Waals surface area contributed by atoms with Crippen LogP contribution in [0.1, 0.15) is 36.4 Å². The first-order valence-corrected chi connectivity index (χ1v) is 8.36. The normalized spacial score (nSPS) is 17.5. The summed E-state index contributed by atoms with van der Waals surface area (Å²) in [5, 5.41) is 0. The maximum Gasteiger partial charge on any atom is 0.165 e. The van der Waals surface area contributed by atoms with Crippen LogP contribution in [0.2, 0.25) is 0 Å². The van der Waals surface area contributed by atoms with E-state index in [0.29, 0.717) is 6.04 Å². The Morgan fingerprint density at radius 3 is 2.91 bits per heavy atom. The molecule has 0 bridgehead atoms. The third-order valence-electron chi connectivity index (χ3n) is 4.89. The topological polar surface area (TPSA) is 46.8 Å². The molecule has 0 atom stereocenters. The number of rotatable bonds is 2. The van der Waals surface area contributed by atoms with Gasteiger partial charge < -0.3 is 9.47 Å². The van der Waals surface area contributed by atoms with Crippen molar-refractivity contribution in [1.29, 1.82) is 0 Å². The van der Waals surface area contributed by atoms with Gasteiger partial charge in [-0.05, 0) is 44.2 Å². The Balaban J connectivity index is 1.67. The van der Waals surface area contributed by atoms with Crippen LogP contribution >= 0.6 is 0 Å². The monoisotopic (exact) mass is 305 g/mol. The molecule has 0 N–H and O–H groups in total. The number of hydrogen-bond donors (Lipinski definition) is 0. The number of fused-ring (bicyclic) bond motifs is 2. The maximum absolute atomic E-state index is 4.64. The van der Waals surface area contributed by atoms with Gasteiger partial charge in [0.25, 0.3) is 0 Å². The Morgan fingerprint density at radius 1 is 1.13 bits per heavy atom. The Bertz CT molecular complexity index is 894. The highest BCUT2D eigenvalue weighted by atomic mass is 15.2. The molecule has 3 heterocycles. The Hall–Kier alpha value is -2.43. The van der Waals surface area contributed by atoms with E-state index in [0.717, 1.165) is 36.4 Å². The second kappa shape index (κ2) is 4.78. The summed E-state index contributed by atoms with van der Waals surface area (Å²) >= 11 is 0. The highest BCUT2D eigenvalue weighted by Gasteiger charge is 2.28. The largest absolute Gasteiger partial charge is 0.324 e. The van der Waals surface area contributed by atoms with Crippen LogP contribution in [0.4, 0.5) is 11.5 Å². The molecule has 5 rings (SSSR count). The van der Waals surface area contributed by atoms with E-state index in [1.54, 1.807) is 6.33 Å². The zero-order valence-electron chi connectivity index (χ0n) is 13.2. The van der Waals surface area contributed by atoms with Gasteiger partial charge in [-0.3, -0.25) is 0 Å². The smallest absolute Gasteiger partial charge is 0.165 e. The predicted molar refractivity (Wildman–Crippen MR) is 90.1 cm³/mol. The van der Waals surface area contributed by atoms with Gasteiger partial charge in [-0.2, -0.15) is 0 Å². The minimum absolute atomic E-state index is 0.582. The van der Waals surface area contributed by atoms with Crippen LogP contribution in [-0.4, -0.2) is 26.1 Å². The van der Waals surface area contributed by atoms with Crippen molar-refractivity contribution < 1.29 is 0 Å². The lowest BCUT2D eigenvalue weighted by Gasteiger charge is -2.30. The Kier molecular flexibility index (Phi) is 2.71. The van der Waals surface area contributed by atoms with Crippen LogP contribution in [0, 0.1) is 6.92 Å². The van der Waals surface area contributed by atoms with Gasteiger partial charge in [0.2, 0.25) is 0 Å². The van der Waals surface area contributed by atoms with Gasteiger partial charge in [-0.15, -0.1) is 0 Å². The van der Waals surface area contributed by atoms with Crippen molar-refractivity contribution in [2.75, 3.05) is 11.4 Å². The number of nitrogens with zero attached hydrogens (tertiary/aromatic N) is 5. The number of imidazole rings is 1. The van der Waals surface area contributed by atoms with Crippen LogP contribution < -0.4 is 4.90 Å². The molecule has 116 valence electrons. The lowest BCUT2D eigenvalue weighted by Crippen LogP contribution is -2.25. The van der Waals surface area contributed by atoms with Crippen molar-refractivity contribution in [1.82, 2.24) is 19.5 Å². The first kappa shape index (κ1) is 13.0. The molecule has 0 amide bonds. The van der Waals surface area contributed by atoms with E-state index in [4.69, 9.17) is 0 Å². The summed E-state index contributed by atoms with van der Waals surface area (Å²) in [6, 6.07) is 7.27. The summed E-state index contributed by atoms with van der Waals surface area (Å²) in [5.74, 6) is 0.944. The number of anilines is 2. The second-order valence-electron chi connectivity index (χ2n) is 6.64. The van der Waals surface area contributed by atoms with Crippen molar-refractivity contribution in [2.24, 2.45) is 0 Å². The summed E-state index contributed by atoms with van der Waals surface area (Å²) in [6.07, 6.45) is 8.36. The minimum Gasteiger partial charge on any atom is -0.324 e. The van der Waals surface area contributed by atoms with Gasteiger partial charge in [-0.1, -0.05) is 17.7 Å². The highest BCUT2D eigenvalue weighted by molar-refractivity contribution is 5.87. The Morgan fingerprint density at radius 2 is 2.04 bits per heavy atom. The van der Waals surface area contributed by atoms with E-state index in [-0.39, 0.29) is 0 Å². The van der Waals surface area contributed by atoms with Gasteiger partial charge in [0.05, 0.1) is 6.33 Å². The molecule has 0 spiro atoms. The van der Waals surface area contributed by atoms with Crippen molar-refractivity contribution in [3.63, 3.8) is 0 Å². The van der Waals surface area contributed by atoms with Crippen molar-refractivity contribution in [3.8, 4) is 0 Å². The third kappa shape index (κ3) is 2.03. The zero-order valence-corrected chi connectivity index (χ0v) is 13.2. The van der Waals surface area contributed by atoms with E-state index in [9.17, 15) is 0 Å². The molecule has 1 fully saturated rings. The molecule has 0 radical (unpaired) electrons. The van der Waals surface area contributed by atoms with Gasteiger partial charge >= 0.3 is 0 Å². The standard InChI is InChI=1S/C18H19N5/c1-12-4-7-15-13(9-12)3-2-8-22(15)17-16-18(20-10-19-17)23(11-21-16)14-5-6-14/h4,7,9-11,14H,2-3,5-6,8H2,1H3. The van der Waals surface area contributed by atoms with Crippen LogP contribution in [0.5, 0.6) is 0 Å². The summed E-state index contributed by atoms with van der Waals surface area (Å²) in [7, 11) is 0.